The summed E-state index contributed by atoms with van der Waals surface area (Å²) in [5.41, 5.74) is 7.47. The topological polar surface area (TPSA) is 83.7 Å². The van der Waals surface area contributed by atoms with E-state index in [1.165, 1.54) is 8.61 Å². The molecule has 0 saturated carbocycles. The molecule has 2 aliphatic heterocycles. The average molecular weight is 351 g/mol. The minimum Gasteiger partial charge on any atom is -0.368 e. The Hall–Kier alpha value is -1.44. The second-order valence-corrected chi connectivity index (χ2v) is 9.09. The van der Waals surface area contributed by atoms with Crippen LogP contribution in [0.25, 0.3) is 0 Å². The summed E-state index contributed by atoms with van der Waals surface area (Å²) < 4.78 is 29.2. The summed E-state index contributed by atoms with van der Waals surface area (Å²) in [4.78, 5) is 11.9. The van der Waals surface area contributed by atoms with Gasteiger partial charge in [0.05, 0.1) is 0 Å². The van der Waals surface area contributed by atoms with Crippen molar-refractivity contribution in [1.82, 2.24) is 8.61 Å². The van der Waals surface area contributed by atoms with Crippen LogP contribution in [0.2, 0.25) is 0 Å². The van der Waals surface area contributed by atoms with E-state index in [1.807, 2.05) is 24.3 Å². The SMILES string of the molecule is CC1CC(C)CN(S(=O)(=O)N2Cc3ccccc3C[C@@H]2C(N)=O)C1. The van der Waals surface area contributed by atoms with Gasteiger partial charge in [-0.3, -0.25) is 4.79 Å². The molecule has 2 heterocycles. The van der Waals surface area contributed by atoms with Crippen LogP contribution >= 0.6 is 0 Å². The van der Waals surface area contributed by atoms with Gasteiger partial charge in [0.2, 0.25) is 5.91 Å². The van der Waals surface area contributed by atoms with E-state index in [-0.39, 0.29) is 6.54 Å². The molecule has 6 nitrogen and oxygen atoms in total. The smallest absolute Gasteiger partial charge is 0.283 e. The van der Waals surface area contributed by atoms with E-state index in [2.05, 4.69) is 13.8 Å². The maximum absolute atomic E-state index is 13.2. The fraction of sp³-hybridized carbons (Fsp3) is 0.588. The van der Waals surface area contributed by atoms with Crippen LogP contribution in [0.15, 0.2) is 24.3 Å². The largest absolute Gasteiger partial charge is 0.368 e. The zero-order valence-electron chi connectivity index (χ0n) is 14.2. The normalized spacial score (nSPS) is 29.2. The van der Waals surface area contributed by atoms with E-state index in [0.717, 1.165) is 17.5 Å². The molecule has 3 rings (SSSR count). The molecule has 0 spiro atoms. The number of piperidine rings is 1. The van der Waals surface area contributed by atoms with Gasteiger partial charge in [-0.1, -0.05) is 38.1 Å². The third-order valence-electron chi connectivity index (χ3n) is 4.99. The van der Waals surface area contributed by atoms with Gasteiger partial charge in [0.15, 0.2) is 0 Å². The van der Waals surface area contributed by atoms with Crippen molar-refractivity contribution in [3.8, 4) is 0 Å². The van der Waals surface area contributed by atoms with Crippen LogP contribution in [0.1, 0.15) is 31.4 Å². The van der Waals surface area contributed by atoms with E-state index in [9.17, 15) is 13.2 Å². The molecule has 132 valence electrons. The lowest BCUT2D eigenvalue weighted by atomic mass is 9.94. The molecular formula is C17H25N3O3S. The molecule has 2 aliphatic rings. The lowest BCUT2D eigenvalue weighted by Crippen LogP contribution is -2.57. The number of fused-ring (bicyclic) bond motifs is 1. The van der Waals surface area contributed by atoms with Gasteiger partial charge < -0.3 is 5.73 Å². The van der Waals surface area contributed by atoms with Gasteiger partial charge in [-0.25, -0.2) is 0 Å². The first-order valence-corrected chi connectivity index (χ1v) is 9.81. The number of rotatable bonds is 3. The number of hydrogen-bond donors (Lipinski definition) is 1. The molecule has 0 aromatic heterocycles. The Balaban J connectivity index is 1.94. The number of benzene rings is 1. The number of carbonyl (C=O) groups is 1. The Morgan fingerprint density at radius 1 is 1.12 bits per heavy atom. The number of nitrogens with zero attached hydrogens (tertiary/aromatic N) is 2. The number of amides is 1. The highest BCUT2D eigenvalue weighted by Gasteiger charge is 2.42. The predicted molar refractivity (Wildman–Crippen MR) is 92.1 cm³/mol. The molecular weight excluding hydrogens is 326 g/mol. The van der Waals surface area contributed by atoms with Crippen molar-refractivity contribution in [2.24, 2.45) is 17.6 Å². The maximum Gasteiger partial charge on any atom is 0.283 e. The van der Waals surface area contributed by atoms with Crippen LogP contribution < -0.4 is 5.73 Å². The summed E-state index contributed by atoms with van der Waals surface area (Å²) in [6, 6.07) is 6.81. The minimum atomic E-state index is -3.72. The van der Waals surface area contributed by atoms with E-state index in [0.29, 0.717) is 31.3 Å². The summed E-state index contributed by atoms with van der Waals surface area (Å²) in [5, 5.41) is 0. The van der Waals surface area contributed by atoms with Gasteiger partial charge in [-0.15, -0.1) is 0 Å². The molecule has 1 aromatic carbocycles. The van der Waals surface area contributed by atoms with Crippen molar-refractivity contribution in [3.63, 3.8) is 0 Å². The van der Waals surface area contributed by atoms with E-state index in [1.54, 1.807) is 0 Å². The second kappa shape index (κ2) is 6.46. The van der Waals surface area contributed by atoms with Crippen molar-refractivity contribution in [2.75, 3.05) is 13.1 Å². The van der Waals surface area contributed by atoms with Crippen molar-refractivity contribution in [3.05, 3.63) is 35.4 Å². The first-order valence-electron chi connectivity index (χ1n) is 8.42. The lowest BCUT2D eigenvalue weighted by Gasteiger charge is -2.41. The molecule has 1 amide bonds. The monoisotopic (exact) mass is 351 g/mol. The van der Waals surface area contributed by atoms with Crippen LogP contribution in [-0.4, -0.2) is 42.1 Å². The van der Waals surface area contributed by atoms with Gasteiger partial charge in [-0.05, 0) is 35.8 Å². The van der Waals surface area contributed by atoms with Crippen LogP contribution in [-0.2, 0) is 28.0 Å². The molecule has 1 saturated heterocycles. The first kappa shape index (κ1) is 17.4. The summed E-state index contributed by atoms with van der Waals surface area (Å²) in [6.45, 7) is 5.32. The van der Waals surface area contributed by atoms with Crippen molar-refractivity contribution < 1.29 is 13.2 Å². The highest BCUT2D eigenvalue weighted by Crippen LogP contribution is 2.30. The fourth-order valence-corrected chi connectivity index (χ4v) is 5.91. The molecule has 0 aliphatic carbocycles. The van der Waals surface area contributed by atoms with Gasteiger partial charge in [-0.2, -0.15) is 17.0 Å². The van der Waals surface area contributed by atoms with Crippen molar-refractivity contribution >= 4 is 16.1 Å². The molecule has 2 unspecified atom stereocenters. The maximum atomic E-state index is 13.2. The third-order valence-corrected chi connectivity index (χ3v) is 6.92. The standard InChI is InChI=1S/C17H25N3O3S/c1-12-7-13(2)10-19(9-12)24(22,23)20-11-15-6-4-3-5-14(15)8-16(20)17(18)21/h3-6,12-13,16H,7-11H2,1-2H3,(H2,18,21)/t12?,13?,16-/m1/s1. The van der Waals surface area contributed by atoms with Crippen molar-refractivity contribution in [2.45, 2.75) is 39.3 Å². The Labute approximate surface area is 143 Å². The Morgan fingerprint density at radius 3 is 2.29 bits per heavy atom. The summed E-state index contributed by atoms with van der Waals surface area (Å²) in [7, 11) is -3.72. The van der Waals surface area contributed by atoms with Gasteiger partial charge in [0.1, 0.15) is 6.04 Å². The zero-order chi connectivity index (χ0) is 17.5. The summed E-state index contributed by atoms with van der Waals surface area (Å²) in [6.07, 6.45) is 1.36. The van der Waals surface area contributed by atoms with Crippen LogP contribution in [0.5, 0.6) is 0 Å². The quantitative estimate of drug-likeness (QED) is 0.886. The summed E-state index contributed by atoms with van der Waals surface area (Å²) >= 11 is 0. The number of carbonyl (C=O) groups excluding carboxylic acids is 1. The third kappa shape index (κ3) is 3.20. The first-order chi connectivity index (χ1) is 11.3. The Kier molecular flexibility index (Phi) is 4.68. The molecule has 24 heavy (non-hydrogen) atoms. The zero-order valence-corrected chi connectivity index (χ0v) is 15.0. The molecule has 3 atom stereocenters. The highest BCUT2D eigenvalue weighted by molar-refractivity contribution is 7.86. The van der Waals surface area contributed by atoms with E-state index in [4.69, 9.17) is 5.73 Å². The Morgan fingerprint density at radius 2 is 1.71 bits per heavy atom. The van der Waals surface area contributed by atoms with Crippen molar-refractivity contribution in [1.29, 1.82) is 0 Å². The average Bonchev–Trinajstić information content (AvgIpc) is 2.52. The highest BCUT2D eigenvalue weighted by atomic mass is 32.2. The second-order valence-electron chi connectivity index (χ2n) is 7.21. The summed E-state index contributed by atoms with van der Waals surface area (Å²) in [5.74, 6) is 0.0337. The molecule has 0 bridgehead atoms. The molecule has 2 N–H and O–H groups in total. The van der Waals surface area contributed by atoms with Gasteiger partial charge in [0, 0.05) is 19.6 Å². The predicted octanol–water partition coefficient (Wildman–Crippen LogP) is 1.12. The van der Waals surface area contributed by atoms with E-state index < -0.39 is 22.2 Å². The lowest BCUT2D eigenvalue weighted by molar-refractivity contribution is -0.122. The molecule has 0 radical (unpaired) electrons. The van der Waals surface area contributed by atoms with Crippen LogP contribution in [0.3, 0.4) is 0 Å². The Bertz CT molecular complexity index is 724. The fourth-order valence-electron chi connectivity index (χ4n) is 3.93. The number of hydrogen-bond acceptors (Lipinski definition) is 3. The number of nitrogens with two attached hydrogens (primary N) is 1. The van der Waals surface area contributed by atoms with Gasteiger partial charge >= 0.3 is 0 Å². The minimum absolute atomic E-state index is 0.200. The van der Waals surface area contributed by atoms with Crippen LogP contribution in [0, 0.1) is 11.8 Å². The molecule has 1 aromatic rings. The van der Waals surface area contributed by atoms with E-state index >= 15 is 0 Å². The van der Waals surface area contributed by atoms with Gasteiger partial charge in [0.25, 0.3) is 10.2 Å². The number of primary amides is 1. The van der Waals surface area contributed by atoms with Crippen LogP contribution in [0.4, 0.5) is 0 Å². The molecule has 1 fully saturated rings. The molecule has 7 heteroatoms.